The molecule has 4 N–H and O–H groups in total. The highest BCUT2D eigenvalue weighted by molar-refractivity contribution is 4.89. The van der Waals surface area contributed by atoms with Crippen LogP contribution in [0.15, 0.2) is 0 Å². The molecule has 1 aliphatic rings. The molecule has 1 aliphatic heterocycles. The van der Waals surface area contributed by atoms with E-state index in [1.54, 1.807) is 0 Å². The van der Waals surface area contributed by atoms with E-state index in [-0.39, 0.29) is 0 Å². The van der Waals surface area contributed by atoms with Gasteiger partial charge in [-0.3, -0.25) is 0 Å². The van der Waals surface area contributed by atoms with Crippen LogP contribution in [-0.2, 0) is 4.74 Å². The number of halogens is 1. The molecule has 1 fully saturated rings. The molecule has 0 aromatic rings. The molecular formula is C6H12FNO3. The van der Waals surface area contributed by atoms with Gasteiger partial charge in [-0.15, -0.1) is 0 Å². The van der Waals surface area contributed by atoms with Gasteiger partial charge in [0.2, 0.25) is 0 Å². The van der Waals surface area contributed by atoms with Crippen molar-refractivity contribution < 1.29 is 19.3 Å². The van der Waals surface area contributed by atoms with E-state index >= 15 is 0 Å². The Morgan fingerprint density at radius 1 is 1.45 bits per heavy atom. The number of aliphatic hydroxyl groups excluding tert-OH is 2. The van der Waals surface area contributed by atoms with E-state index in [0.29, 0.717) is 0 Å². The Morgan fingerprint density at radius 3 is 2.55 bits per heavy atom. The van der Waals surface area contributed by atoms with Gasteiger partial charge in [0, 0.05) is 0 Å². The maximum atomic E-state index is 12.7. The fourth-order valence-corrected chi connectivity index (χ4v) is 1.07. The minimum absolute atomic E-state index is 0.619. The fraction of sp³-hybridized carbons (Fsp3) is 1.00. The summed E-state index contributed by atoms with van der Waals surface area (Å²) in [4.78, 5) is 0. The van der Waals surface area contributed by atoms with E-state index in [1.807, 2.05) is 0 Å². The van der Waals surface area contributed by atoms with Gasteiger partial charge in [0.25, 0.3) is 0 Å². The molecule has 0 aromatic carbocycles. The Balaban J connectivity index is 2.63. The predicted octanol–water partition coefficient (Wildman–Crippen LogP) is -1.25. The third-order valence-corrected chi connectivity index (χ3v) is 1.87. The number of nitrogens with two attached hydrogens (primary N) is 1. The first-order valence-corrected chi connectivity index (χ1v) is 3.45. The summed E-state index contributed by atoms with van der Waals surface area (Å²) in [7, 11) is 0. The molecule has 5 heteroatoms. The molecule has 0 radical (unpaired) electrons. The van der Waals surface area contributed by atoms with Crippen LogP contribution in [0.3, 0.4) is 0 Å². The molecule has 1 heterocycles. The number of rotatable bonds is 0. The molecular weight excluding hydrogens is 153 g/mol. The van der Waals surface area contributed by atoms with Crippen LogP contribution < -0.4 is 5.73 Å². The van der Waals surface area contributed by atoms with Gasteiger partial charge in [-0.25, -0.2) is 4.39 Å². The first kappa shape index (κ1) is 8.86. The molecule has 1 saturated heterocycles. The maximum Gasteiger partial charge on any atom is 0.188 e. The molecule has 5 atom stereocenters. The molecule has 0 aliphatic carbocycles. The van der Waals surface area contributed by atoms with E-state index in [0.717, 1.165) is 0 Å². The summed E-state index contributed by atoms with van der Waals surface area (Å²) < 4.78 is 17.4. The molecule has 66 valence electrons. The molecule has 0 bridgehead atoms. The molecule has 0 aromatic heterocycles. The molecule has 0 unspecified atom stereocenters. The largest absolute Gasteiger partial charge is 0.389 e. The van der Waals surface area contributed by atoms with E-state index in [1.165, 1.54) is 6.92 Å². The minimum Gasteiger partial charge on any atom is -0.389 e. The van der Waals surface area contributed by atoms with Crippen LogP contribution in [0.5, 0.6) is 0 Å². The van der Waals surface area contributed by atoms with Crippen molar-refractivity contribution in [3.63, 3.8) is 0 Å². The van der Waals surface area contributed by atoms with Crippen molar-refractivity contribution in [2.24, 2.45) is 5.73 Å². The second-order valence-electron chi connectivity index (χ2n) is 2.74. The SMILES string of the molecule is C[C@@H]1O[C@H](O)[C@@H](F)[C@H](N)[C@@H]1O. The summed E-state index contributed by atoms with van der Waals surface area (Å²) in [6.07, 6.45) is -4.88. The Kier molecular flexibility index (Phi) is 2.43. The maximum absolute atomic E-state index is 12.7. The van der Waals surface area contributed by atoms with Crippen LogP contribution in [0.2, 0.25) is 0 Å². The van der Waals surface area contributed by atoms with E-state index in [2.05, 4.69) is 4.74 Å². The highest BCUT2D eigenvalue weighted by Gasteiger charge is 2.40. The molecule has 11 heavy (non-hydrogen) atoms. The van der Waals surface area contributed by atoms with Crippen LogP contribution in [0.25, 0.3) is 0 Å². The summed E-state index contributed by atoms with van der Waals surface area (Å²) in [5.41, 5.74) is 5.24. The van der Waals surface area contributed by atoms with Crippen LogP contribution in [0.1, 0.15) is 6.92 Å². The smallest absolute Gasteiger partial charge is 0.188 e. The monoisotopic (exact) mass is 165 g/mol. The van der Waals surface area contributed by atoms with E-state index < -0.39 is 30.7 Å². The van der Waals surface area contributed by atoms with Crippen molar-refractivity contribution in [1.29, 1.82) is 0 Å². The summed E-state index contributed by atoms with van der Waals surface area (Å²) >= 11 is 0. The second kappa shape index (κ2) is 3.02. The molecule has 4 nitrogen and oxygen atoms in total. The van der Waals surface area contributed by atoms with Gasteiger partial charge in [0.05, 0.1) is 18.2 Å². The third kappa shape index (κ3) is 1.51. The van der Waals surface area contributed by atoms with Crippen molar-refractivity contribution in [3.8, 4) is 0 Å². The average molecular weight is 165 g/mol. The van der Waals surface area contributed by atoms with Gasteiger partial charge in [-0.2, -0.15) is 0 Å². The zero-order valence-electron chi connectivity index (χ0n) is 6.14. The number of ether oxygens (including phenoxy) is 1. The van der Waals surface area contributed by atoms with Gasteiger partial charge in [0.1, 0.15) is 0 Å². The first-order chi connectivity index (χ1) is 5.04. The number of aliphatic hydroxyl groups is 2. The molecule has 0 amide bonds. The lowest BCUT2D eigenvalue weighted by molar-refractivity contribution is -0.231. The standard InChI is InChI=1S/C6H12FNO3/c1-2-5(9)4(8)3(7)6(10)11-2/h2-6,9-10H,8H2,1H3/t2-,3-,4-,5+,6-/m0/s1. The van der Waals surface area contributed by atoms with Crippen molar-refractivity contribution >= 4 is 0 Å². The molecule has 0 saturated carbocycles. The van der Waals surface area contributed by atoms with Crippen molar-refractivity contribution in [3.05, 3.63) is 0 Å². The zero-order chi connectivity index (χ0) is 8.59. The van der Waals surface area contributed by atoms with Crippen molar-refractivity contribution in [2.45, 2.75) is 37.6 Å². The van der Waals surface area contributed by atoms with E-state index in [9.17, 15) is 4.39 Å². The highest BCUT2D eigenvalue weighted by atomic mass is 19.1. The summed E-state index contributed by atoms with van der Waals surface area (Å²) in [5.74, 6) is 0. The number of alkyl halides is 1. The Hall–Kier alpha value is -0.230. The van der Waals surface area contributed by atoms with Gasteiger partial charge in [-0.05, 0) is 6.92 Å². The van der Waals surface area contributed by atoms with Crippen molar-refractivity contribution in [1.82, 2.24) is 0 Å². The fourth-order valence-electron chi connectivity index (χ4n) is 1.07. The molecule has 0 spiro atoms. The number of hydrogen-bond acceptors (Lipinski definition) is 4. The minimum atomic E-state index is -1.71. The lowest BCUT2D eigenvalue weighted by atomic mass is 9.99. The van der Waals surface area contributed by atoms with Crippen LogP contribution in [-0.4, -0.2) is 40.9 Å². The van der Waals surface area contributed by atoms with Gasteiger partial charge in [-0.1, -0.05) is 0 Å². The molecule has 1 rings (SSSR count). The Labute approximate surface area is 63.8 Å². The van der Waals surface area contributed by atoms with Gasteiger partial charge < -0.3 is 20.7 Å². The topological polar surface area (TPSA) is 75.7 Å². The van der Waals surface area contributed by atoms with Gasteiger partial charge >= 0.3 is 0 Å². The van der Waals surface area contributed by atoms with E-state index in [4.69, 9.17) is 15.9 Å². The average Bonchev–Trinajstić information content (AvgIpc) is 1.97. The zero-order valence-corrected chi connectivity index (χ0v) is 6.14. The summed E-state index contributed by atoms with van der Waals surface area (Å²) in [6.45, 7) is 1.53. The lowest BCUT2D eigenvalue weighted by Crippen LogP contribution is -2.58. The summed E-state index contributed by atoms with van der Waals surface area (Å²) in [5, 5.41) is 18.0. The highest BCUT2D eigenvalue weighted by Crippen LogP contribution is 2.19. The predicted molar refractivity (Wildman–Crippen MR) is 35.4 cm³/mol. The normalized spacial score (nSPS) is 52.6. The summed E-state index contributed by atoms with van der Waals surface area (Å²) in [6, 6.07) is -1.06. The first-order valence-electron chi connectivity index (χ1n) is 3.45. The number of hydrogen-bond donors (Lipinski definition) is 3. The third-order valence-electron chi connectivity index (χ3n) is 1.87. The van der Waals surface area contributed by atoms with Crippen LogP contribution in [0, 0.1) is 0 Å². The quantitative estimate of drug-likeness (QED) is 0.419. The van der Waals surface area contributed by atoms with Crippen LogP contribution in [0.4, 0.5) is 4.39 Å². The Morgan fingerprint density at radius 2 is 2.00 bits per heavy atom. The lowest BCUT2D eigenvalue weighted by Gasteiger charge is -2.36. The van der Waals surface area contributed by atoms with Gasteiger partial charge in [0.15, 0.2) is 12.5 Å². The van der Waals surface area contributed by atoms with Crippen LogP contribution >= 0.6 is 0 Å². The second-order valence-corrected chi connectivity index (χ2v) is 2.74. The Bertz CT molecular complexity index is 132. The van der Waals surface area contributed by atoms with Crippen molar-refractivity contribution in [2.75, 3.05) is 0 Å².